The summed E-state index contributed by atoms with van der Waals surface area (Å²) in [5.74, 6) is -0.304. The molecule has 0 spiro atoms. The van der Waals surface area contributed by atoms with Crippen molar-refractivity contribution < 1.29 is 9.47 Å². The van der Waals surface area contributed by atoms with Crippen LogP contribution in [0.1, 0.15) is 26.2 Å². The van der Waals surface area contributed by atoms with Crippen LogP contribution in [-0.2, 0) is 9.47 Å². The number of rotatable bonds is 1. The summed E-state index contributed by atoms with van der Waals surface area (Å²) < 4.78 is 11.4. The van der Waals surface area contributed by atoms with E-state index in [1.165, 1.54) is 6.42 Å². The molecule has 2 heteroatoms. The molecule has 2 heterocycles. The van der Waals surface area contributed by atoms with Crippen LogP contribution in [0.2, 0.25) is 0 Å². The predicted molar refractivity (Wildman–Crippen MR) is 42.2 cm³/mol. The van der Waals surface area contributed by atoms with Crippen molar-refractivity contribution in [2.45, 2.75) is 44.2 Å². The van der Waals surface area contributed by atoms with Crippen LogP contribution >= 0.6 is 0 Å². The van der Waals surface area contributed by atoms with Crippen molar-refractivity contribution in [3.05, 3.63) is 12.7 Å². The highest BCUT2D eigenvalue weighted by Crippen LogP contribution is 2.39. The second kappa shape index (κ2) is 2.32. The zero-order chi connectivity index (χ0) is 7.90. The Kier molecular flexibility index (Phi) is 1.55. The normalized spacial score (nSPS) is 49.2. The van der Waals surface area contributed by atoms with Gasteiger partial charge in [-0.2, -0.15) is 0 Å². The van der Waals surface area contributed by atoms with Crippen LogP contribution in [0.15, 0.2) is 12.7 Å². The monoisotopic (exact) mass is 154 g/mol. The molecule has 0 aromatic rings. The van der Waals surface area contributed by atoms with Gasteiger partial charge in [0.1, 0.15) is 6.10 Å². The summed E-state index contributed by atoms with van der Waals surface area (Å²) in [5, 5.41) is 0. The molecule has 2 aliphatic rings. The van der Waals surface area contributed by atoms with Gasteiger partial charge in [0, 0.05) is 6.42 Å². The van der Waals surface area contributed by atoms with E-state index >= 15 is 0 Å². The minimum absolute atomic E-state index is 0.127. The summed E-state index contributed by atoms with van der Waals surface area (Å²) in [4.78, 5) is 0. The summed E-state index contributed by atoms with van der Waals surface area (Å²) in [6, 6.07) is 0. The third-order valence-electron chi connectivity index (χ3n) is 2.50. The molecule has 62 valence electrons. The smallest absolute Gasteiger partial charge is 0.166 e. The quantitative estimate of drug-likeness (QED) is 0.537. The zero-order valence-corrected chi connectivity index (χ0v) is 6.88. The lowest BCUT2D eigenvalue weighted by Gasteiger charge is -2.26. The third-order valence-corrected chi connectivity index (χ3v) is 2.50. The second-order valence-electron chi connectivity index (χ2n) is 3.50. The van der Waals surface area contributed by atoms with Crippen LogP contribution in [0, 0.1) is 0 Å². The van der Waals surface area contributed by atoms with Crippen LogP contribution in [-0.4, -0.2) is 18.0 Å². The number of fused-ring (bicyclic) bond motifs is 2. The molecule has 3 atom stereocenters. The van der Waals surface area contributed by atoms with Crippen molar-refractivity contribution >= 4 is 0 Å². The van der Waals surface area contributed by atoms with Gasteiger partial charge in [0.05, 0.1) is 6.10 Å². The lowest BCUT2D eigenvalue weighted by Crippen LogP contribution is -2.30. The molecule has 2 nitrogen and oxygen atoms in total. The predicted octanol–water partition coefficient (Wildman–Crippen LogP) is 1.86. The second-order valence-corrected chi connectivity index (χ2v) is 3.50. The molecular formula is C9H14O2. The molecule has 0 aromatic heterocycles. The molecule has 2 bridgehead atoms. The zero-order valence-electron chi connectivity index (χ0n) is 6.88. The van der Waals surface area contributed by atoms with E-state index in [1.54, 1.807) is 0 Å². The Balaban J connectivity index is 2.16. The highest BCUT2D eigenvalue weighted by atomic mass is 16.8. The van der Waals surface area contributed by atoms with E-state index in [0.29, 0.717) is 0 Å². The van der Waals surface area contributed by atoms with Crippen LogP contribution in [0.5, 0.6) is 0 Å². The largest absolute Gasteiger partial charge is 0.344 e. The molecule has 0 aromatic carbocycles. The fourth-order valence-electron chi connectivity index (χ4n) is 1.94. The van der Waals surface area contributed by atoms with Crippen LogP contribution in [0.3, 0.4) is 0 Å². The van der Waals surface area contributed by atoms with Gasteiger partial charge in [0.2, 0.25) is 0 Å². The Morgan fingerprint density at radius 2 is 2.36 bits per heavy atom. The molecule has 0 amide bonds. The first-order valence-corrected chi connectivity index (χ1v) is 4.22. The van der Waals surface area contributed by atoms with E-state index in [9.17, 15) is 0 Å². The molecule has 0 saturated carbocycles. The van der Waals surface area contributed by atoms with Gasteiger partial charge in [-0.3, -0.25) is 0 Å². The topological polar surface area (TPSA) is 18.5 Å². The Bertz CT molecular complexity index is 178. The van der Waals surface area contributed by atoms with Crippen molar-refractivity contribution in [3.8, 4) is 0 Å². The van der Waals surface area contributed by atoms with Crippen molar-refractivity contribution in [2.75, 3.05) is 0 Å². The Labute approximate surface area is 67.2 Å². The highest BCUT2D eigenvalue weighted by molar-refractivity contribution is 4.96. The lowest BCUT2D eigenvalue weighted by molar-refractivity contribution is -0.176. The van der Waals surface area contributed by atoms with Gasteiger partial charge in [0.15, 0.2) is 5.79 Å². The van der Waals surface area contributed by atoms with Crippen molar-refractivity contribution in [1.82, 2.24) is 0 Å². The number of hydrogen-bond donors (Lipinski definition) is 0. The molecule has 2 fully saturated rings. The lowest BCUT2D eigenvalue weighted by atomic mass is 10.0. The van der Waals surface area contributed by atoms with Crippen LogP contribution in [0.4, 0.5) is 0 Å². The number of ether oxygens (including phenoxy) is 2. The molecule has 0 N–H and O–H groups in total. The van der Waals surface area contributed by atoms with Gasteiger partial charge in [-0.1, -0.05) is 6.08 Å². The van der Waals surface area contributed by atoms with E-state index in [2.05, 4.69) is 6.58 Å². The maximum Gasteiger partial charge on any atom is 0.166 e. The first kappa shape index (κ1) is 7.32. The average molecular weight is 154 g/mol. The first-order chi connectivity index (χ1) is 5.23. The minimum atomic E-state index is -0.304. The molecular weight excluding hydrogens is 140 g/mol. The SMILES string of the molecule is C=C[C@@H]1O[C@]2(C)CCC[C@H]1O2. The molecule has 2 saturated heterocycles. The van der Waals surface area contributed by atoms with Crippen LogP contribution < -0.4 is 0 Å². The van der Waals surface area contributed by atoms with Gasteiger partial charge in [0.25, 0.3) is 0 Å². The Morgan fingerprint density at radius 1 is 1.55 bits per heavy atom. The maximum atomic E-state index is 5.69. The Hall–Kier alpha value is -0.340. The van der Waals surface area contributed by atoms with Crippen LogP contribution in [0.25, 0.3) is 0 Å². The number of hydrogen-bond acceptors (Lipinski definition) is 2. The van der Waals surface area contributed by atoms with Gasteiger partial charge >= 0.3 is 0 Å². The van der Waals surface area contributed by atoms with Gasteiger partial charge < -0.3 is 9.47 Å². The van der Waals surface area contributed by atoms with Crippen molar-refractivity contribution in [2.24, 2.45) is 0 Å². The summed E-state index contributed by atoms with van der Waals surface area (Å²) in [6.45, 7) is 5.75. The van der Waals surface area contributed by atoms with E-state index < -0.39 is 0 Å². The highest BCUT2D eigenvalue weighted by Gasteiger charge is 2.45. The fraction of sp³-hybridized carbons (Fsp3) is 0.778. The molecule has 0 radical (unpaired) electrons. The summed E-state index contributed by atoms with van der Waals surface area (Å²) in [7, 11) is 0. The molecule has 2 rings (SSSR count). The summed E-state index contributed by atoms with van der Waals surface area (Å²) in [6.07, 6.45) is 5.60. The molecule has 2 aliphatic heterocycles. The van der Waals surface area contributed by atoms with E-state index in [0.717, 1.165) is 12.8 Å². The average Bonchev–Trinajstić information content (AvgIpc) is 2.21. The van der Waals surface area contributed by atoms with Gasteiger partial charge in [-0.05, 0) is 19.8 Å². The van der Waals surface area contributed by atoms with E-state index in [4.69, 9.17) is 9.47 Å². The summed E-state index contributed by atoms with van der Waals surface area (Å²) >= 11 is 0. The fourth-order valence-corrected chi connectivity index (χ4v) is 1.94. The standard InChI is InChI=1S/C9H14O2/c1-3-7-8-5-4-6-9(2,10-7)11-8/h3,7-8H,1,4-6H2,2H3/t7-,8+,9-/m0/s1. The minimum Gasteiger partial charge on any atom is -0.344 e. The van der Waals surface area contributed by atoms with Crippen molar-refractivity contribution in [1.29, 1.82) is 0 Å². The van der Waals surface area contributed by atoms with Gasteiger partial charge in [-0.15, -0.1) is 6.58 Å². The van der Waals surface area contributed by atoms with Gasteiger partial charge in [-0.25, -0.2) is 0 Å². The maximum absolute atomic E-state index is 5.69. The molecule has 0 aliphatic carbocycles. The van der Waals surface area contributed by atoms with E-state index in [-0.39, 0.29) is 18.0 Å². The van der Waals surface area contributed by atoms with E-state index in [1.807, 2.05) is 13.0 Å². The third kappa shape index (κ3) is 1.10. The first-order valence-electron chi connectivity index (χ1n) is 4.22. The van der Waals surface area contributed by atoms with Crippen molar-refractivity contribution in [3.63, 3.8) is 0 Å². The molecule has 11 heavy (non-hydrogen) atoms. The molecule has 0 unspecified atom stereocenters. The summed E-state index contributed by atoms with van der Waals surface area (Å²) in [5.41, 5.74) is 0. The Morgan fingerprint density at radius 3 is 3.00 bits per heavy atom.